The predicted molar refractivity (Wildman–Crippen MR) is 87.3 cm³/mol. The van der Waals surface area contributed by atoms with Gasteiger partial charge >= 0.3 is 0 Å². The van der Waals surface area contributed by atoms with Crippen LogP contribution in [-0.4, -0.2) is 13.1 Å². The Hall–Kier alpha value is -1.38. The molecule has 2 aromatic carbocycles. The van der Waals surface area contributed by atoms with Crippen LogP contribution in [0.25, 0.3) is 0 Å². The molecule has 0 saturated heterocycles. The fourth-order valence-electron chi connectivity index (χ4n) is 2.52. The predicted octanol–water partition coefficient (Wildman–Crippen LogP) is 4.63. The molecule has 112 valence electrons. The van der Waals surface area contributed by atoms with Crippen molar-refractivity contribution in [3.63, 3.8) is 0 Å². The van der Waals surface area contributed by atoms with E-state index in [4.69, 9.17) is 11.6 Å². The number of benzene rings is 2. The molecule has 2 rings (SSSR count). The first-order valence-corrected chi connectivity index (χ1v) is 7.72. The molecule has 0 amide bonds. The van der Waals surface area contributed by atoms with Gasteiger partial charge in [0.2, 0.25) is 0 Å². The molecular formula is C18H21ClFN. The van der Waals surface area contributed by atoms with E-state index in [2.05, 4.69) is 29.6 Å². The molecule has 0 spiro atoms. The minimum Gasteiger partial charge on any atom is -0.317 e. The zero-order valence-electron chi connectivity index (χ0n) is 12.3. The SMILES string of the molecule is CNC(CCCc1ccccc1)Cc1cccc(Cl)c1F. The molecule has 0 radical (unpaired) electrons. The van der Waals surface area contributed by atoms with Crippen molar-refractivity contribution in [3.8, 4) is 0 Å². The van der Waals surface area contributed by atoms with Crippen LogP contribution in [0, 0.1) is 5.82 Å². The molecule has 2 aromatic rings. The highest BCUT2D eigenvalue weighted by molar-refractivity contribution is 6.30. The third kappa shape index (κ3) is 4.83. The number of rotatable bonds is 7. The molecule has 1 unspecified atom stereocenters. The van der Waals surface area contributed by atoms with Crippen LogP contribution in [0.15, 0.2) is 48.5 Å². The van der Waals surface area contributed by atoms with E-state index in [1.54, 1.807) is 12.1 Å². The first-order chi connectivity index (χ1) is 10.2. The van der Waals surface area contributed by atoms with Crippen LogP contribution in [0.2, 0.25) is 5.02 Å². The smallest absolute Gasteiger partial charge is 0.145 e. The van der Waals surface area contributed by atoms with E-state index in [1.165, 1.54) is 5.56 Å². The average Bonchev–Trinajstić information content (AvgIpc) is 2.51. The molecule has 0 saturated carbocycles. The maximum atomic E-state index is 13.9. The fourth-order valence-corrected chi connectivity index (χ4v) is 2.71. The van der Waals surface area contributed by atoms with E-state index in [-0.39, 0.29) is 16.9 Å². The van der Waals surface area contributed by atoms with Crippen molar-refractivity contribution >= 4 is 11.6 Å². The first kappa shape index (κ1) is 16.0. The topological polar surface area (TPSA) is 12.0 Å². The van der Waals surface area contributed by atoms with Crippen LogP contribution in [-0.2, 0) is 12.8 Å². The van der Waals surface area contributed by atoms with Gasteiger partial charge in [-0.25, -0.2) is 4.39 Å². The minimum absolute atomic E-state index is 0.201. The van der Waals surface area contributed by atoms with Gasteiger partial charge in [0.25, 0.3) is 0 Å². The van der Waals surface area contributed by atoms with Gasteiger partial charge in [-0.15, -0.1) is 0 Å². The van der Waals surface area contributed by atoms with Gasteiger partial charge in [-0.3, -0.25) is 0 Å². The Morgan fingerprint density at radius 3 is 2.57 bits per heavy atom. The first-order valence-electron chi connectivity index (χ1n) is 7.34. The van der Waals surface area contributed by atoms with Gasteiger partial charge in [-0.1, -0.05) is 54.1 Å². The molecule has 1 atom stereocenters. The maximum absolute atomic E-state index is 13.9. The van der Waals surface area contributed by atoms with Crippen LogP contribution in [0.4, 0.5) is 4.39 Å². The second-order valence-corrected chi connectivity index (χ2v) is 5.69. The van der Waals surface area contributed by atoms with Crippen molar-refractivity contribution < 1.29 is 4.39 Å². The van der Waals surface area contributed by atoms with Crippen LogP contribution in [0.5, 0.6) is 0 Å². The highest BCUT2D eigenvalue weighted by Gasteiger charge is 2.12. The highest BCUT2D eigenvalue weighted by Crippen LogP contribution is 2.20. The summed E-state index contributed by atoms with van der Waals surface area (Å²) < 4.78 is 13.9. The number of likely N-dealkylation sites (N-methyl/N-ethyl adjacent to an activating group) is 1. The lowest BCUT2D eigenvalue weighted by molar-refractivity contribution is 0.490. The Bertz CT molecular complexity index is 556. The Morgan fingerprint density at radius 1 is 1.10 bits per heavy atom. The van der Waals surface area contributed by atoms with Gasteiger partial charge in [0.1, 0.15) is 5.82 Å². The quantitative estimate of drug-likeness (QED) is 0.786. The van der Waals surface area contributed by atoms with Gasteiger partial charge in [-0.2, -0.15) is 0 Å². The van der Waals surface area contributed by atoms with Gasteiger partial charge in [0, 0.05) is 6.04 Å². The third-order valence-corrected chi connectivity index (χ3v) is 4.06. The number of hydrogen-bond donors (Lipinski definition) is 1. The molecular weight excluding hydrogens is 285 g/mol. The lowest BCUT2D eigenvalue weighted by Gasteiger charge is -2.17. The number of hydrogen-bond acceptors (Lipinski definition) is 1. The summed E-state index contributed by atoms with van der Waals surface area (Å²) in [6.07, 6.45) is 3.81. The second kappa shape index (κ2) is 8.16. The minimum atomic E-state index is -0.289. The standard InChI is InChI=1S/C18H21ClFN/c1-21-16(11-5-9-14-7-3-2-4-8-14)13-15-10-6-12-17(19)18(15)20/h2-4,6-8,10,12,16,21H,5,9,11,13H2,1H3. The van der Waals surface area contributed by atoms with Crippen LogP contribution < -0.4 is 5.32 Å². The Kier molecular flexibility index (Phi) is 6.21. The van der Waals surface area contributed by atoms with E-state index in [0.717, 1.165) is 19.3 Å². The molecule has 1 N–H and O–H groups in total. The van der Waals surface area contributed by atoms with Gasteiger partial charge in [-0.05, 0) is 49.9 Å². The summed E-state index contributed by atoms with van der Waals surface area (Å²) in [6.45, 7) is 0. The molecule has 3 heteroatoms. The summed E-state index contributed by atoms with van der Waals surface area (Å²) in [5.74, 6) is -0.289. The summed E-state index contributed by atoms with van der Waals surface area (Å²) in [4.78, 5) is 0. The lowest BCUT2D eigenvalue weighted by atomic mass is 9.99. The molecule has 0 fully saturated rings. The van der Waals surface area contributed by atoms with E-state index in [1.807, 2.05) is 19.2 Å². The van der Waals surface area contributed by atoms with Gasteiger partial charge < -0.3 is 5.32 Å². The van der Waals surface area contributed by atoms with E-state index in [9.17, 15) is 4.39 Å². The number of nitrogens with one attached hydrogen (secondary N) is 1. The highest BCUT2D eigenvalue weighted by atomic mass is 35.5. The Morgan fingerprint density at radius 2 is 1.86 bits per heavy atom. The molecule has 0 aliphatic heterocycles. The normalized spacial score (nSPS) is 12.3. The lowest BCUT2D eigenvalue weighted by Crippen LogP contribution is -2.28. The van der Waals surface area contributed by atoms with Crippen molar-refractivity contribution in [2.45, 2.75) is 31.7 Å². The van der Waals surface area contributed by atoms with Gasteiger partial charge in [0.15, 0.2) is 0 Å². The molecule has 0 bridgehead atoms. The van der Waals surface area contributed by atoms with E-state index >= 15 is 0 Å². The number of halogens is 2. The van der Waals surface area contributed by atoms with E-state index in [0.29, 0.717) is 12.0 Å². The summed E-state index contributed by atoms with van der Waals surface area (Å²) in [6, 6.07) is 15.9. The fraction of sp³-hybridized carbons (Fsp3) is 0.333. The summed E-state index contributed by atoms with van der Waals surface area (Å²) in [5, 5.41) is 3.47. The summed E-state index contributed by atoms with van der Waals surface area (Å²) in [5.41, 5.74) is 2.03. The molecule has 21 heavy (non-hydrogen) atoms. The maximum Gasteiger partial charge on any atom is 0.145 e. The third-order valence-electron chi connectivity index (χ3n) is 3.77. The molecule has 0 aromatic heterocycles. The zero-order valence-corrected chi connectivity index (χ0v) is 13.0. The van der Waals surface area contributed by atoms with Gasteiger partial charge in [0.05, 0.1) is 5.02 Å². The van der Waals surface area contributed by atoms with Crippen molar-refractivity contribution in [2.24, 2.45) is 0 Å². The zero-order chi connectivity index (χ0) is 15.1. The van der Waals surface area contributed by atoms with Crippen LogP contribution >= 0.6 is 11.6 Å². The van der Waals surface area contributed by atoms with Crippen molar-refractivity contribution in [2.75, 3.05) is 7.05 Å². The van der Waals surface area contributed by atoms with Crippen molar-refractivity contribution in [1.29, 1.82) is 0 Å². The largest absolute Gasteiger partial charge is 0.317 e. The molecule has 0 aliphatic rings. The van der Waals surface area contributed by atoms with Crippen LogP contribution in [0.3, 0.4) is 0 Å². The Balaban J connectivity index is 1.87. The Labute approximate surface area is 131 Å². The molecule has 0 aliphatic carbocycles. The van der Waals surface area contributed by atoms with Crippen LogP contribution in [0.1, 0.15) is 24.0 Å². The summed E-state index contributed by atoms with van der Waals surface area (Å²) >= 11 is 5.83. The van der Waals surface area contributed by atoms with Crippen molar-refractivity contribution in [1.82, 2.24) is 5.32 Å². The molecule has 1 nitrogen and oxygen atoms in total. The summed E-state index contributed by atoms with van der Waals surface area (Å²) in [7, 11) is 1.93. The van der Waals surface area contributed by atoms with E-state index < -0.39 is 0 Å². The average molecular weight is 306 g/mol. The number of aryl methyl sites for hydroxylation is 1. The van der Waals surface area contributed by atoms with Crippen molar-refractivity contribution in [3.05, 3.63) is 70.5 Å². The second-order valence-electron chi connectivity index (χ2n) is 5.28. The monoisotopic (exact) mass is 305 g/mol. The molecule has 0 heterocycles.